The predicted molar refractivity (Wildman–Crippen MR) is 94.1 cm³/mol. The van der Waals surface area contributed by atoms with E-state index in [-0.39, 0.29) is 12.5 Å². The Morgan fingerprint density at radius 3 is 2.96 bits per heavy atom. The van der Waals surface area contributed by atoms with Crippen molar-refractivity contribution in [1.82, 2.24) is 5.32 Å². The smallest absolute Gasteiger partial charge is 0.258 e. The van der Waals surface area contributed by atoms with E-state index in [4.69, 9.17) is 18.6 Å². The van der Waals surface area contributed by atoms with Gasteiger partial charge in [0.05, 0.1) is 19.8 Å². The number of benzene rings is 1. The number of aryl methyl sites for hydroxylation is 2. The monoisotopic (exact) mass is 347 g/mol. The number of ether oxygens (including phenoxy) is 3. The van der Waals surface area contributed by atoms with Crippen molar-refractivity contribution in [3.8, 4) is 5.75 Å². The minimum Gasteiger partial charge on any atom is -0.484 e. The second-order valence-corrected chi connectivity index (χ2v) is 6.11. The van der Waals surface area contributed by atoms with Crippen LogP contribution in [-0.2, 0) is 27.1 Å². The Balaban J connectivity index is 1.47. The molecule has 1 heterocycles. The van der Waals surface area contributed by atoms with Gasteiger partial charge in [0.2, 0.25) is 0 Å². The molecule has 0 atom stereocenters. The maximum absolute atomic E-state index is 11.8. The van der Waals surface area contributed by atoms with Crippen molar-refractivity contribution in [2.45, 2.75) is 25.7 Å². The predicted octanol–water partition coefficient (Wildman–Crippen LogP) is 2.47. The first-order valence-electron chi connectivity index (χ1n) is 8.78. The van der Waals surface area contributed by atoms with Gasteiger partial charge in [-0.05, 0) is 37.5 Å². The first kappa shape index (κ1) is 17.8. The van der Waals surface area contributed by atoms with Crippen molar-refractivity contribution in [3.05, 3.63) is 29.5 Å². The molecule has 136 valence electrons. The molecule has 1 aliphatic carbocycles. The second kappa shape index (κ2) is 8.87. The van der Waals surface area contributed by atoms with E-state index in [9.17, 15) is 4.79 Å². The molecule has 1 aromatic heterocycles. The van der Waals surface area contributed by atoms with Crippen LogP contribution in [0.25, 0.3) is 11.0 Å². The fraction of sp³-hybridized carbons (Fsp3) is 0.526. The van der Waals surface area contributed by atoms with Gasteiger partial charge in [-0.3, -0.25) is 4.79 Å². The lowest BCUT2D eigenvalue weighted by atomic mass is 9.96. The molecule has 0 bridgehead atoms. The van der Waals surface area contributed by atoms with E-state index in [0.717, 1.165) is 29.6 Å². The van der Waals surface area contributed by atoms with Crippen LogP contribution in [-0.4, -0.2) is 46.0 Å². The molecule has 6 nitrogen and oxygen atoms in total. The summed E-state index contributed by atoms with van der Waals surface area (Å²) in [4.78, 5) is 11.8. The second-order valence-electron chi connectivity index (χ2n) is 6.11. The number of carbonyl (C=O) groups excluding carboxylic acids is 1. The first-order valence-corrected chi connectivity index (χ1v) is 8.78. The van der Waals surface area contributed by atoms with E-state index in [1.807, 2.05) is 18.2 Å². The molecule has 1 N–H and O–H groups in total. The summed E-state index contributed by atoms with van der Waals surface area (Å²) in [5.41, 5.74) is 2.20. The van der Waals surface area contributed by atoms with Gasteiger partial charge in [0.25, 0.3) is 5.91 Å². The largest absolute Gasteiger partial charge is 0.484 e. The minimum atomic E-state index is -0.162. The zero-order valence-electron chi connectivity index (χ0n) is 14.6. The van der Waals surface area contributed by atoms with E-state index in [2.05, 4.69) is 5.32 Å². The molecule has 3 rings (SSSR count). The molecule has 2 aromatic rings. The van der Waals surface area contributed by atoms with Gasteiger partial charge in [-0.25, -0.2) is 0 Å². The van der Waals surface area contributed by atoms with E-state index in [0.29, 0.717) is 32.1 Å². The summed E-state index contributed by atoms with van der Waals surface area (Å²) in [6, 6.07) is 5.74. The summed E-state index contributed by atoms with van der Waals surface area (Å²) in [5, 5.41) is 3.87. The van der Waals surface area contributed by atoms with Crippen LogP contribution < -0.4 is 10.1 Å². The lowest BCUT2D eigenvalue weighted by molar-refractivity contribution is -0.123. The highest BCUT2D eigenvalue weighted by Gasteiger charge is 2.18. The quantitative estimate of drug-likeness (QED) is 0.706. The number of fused-ring (bicyclic) bond motifs is 3. The third-order valence-corrected chi connectivity index (χ3v) is 4.30. The maximum atomic E-state index is 11.8. The van der Waals surface area contributed by atoms with Crippen molar-refractivity contribution < 1.29 is 23.4 Å². The van der Waals surface area contributed by atoms with Crippen molar-refractivity contribution in [1.29, 1.82) is 0 Å². The summed E-state index contributed by atoms with van der Waals surface area (Å²) in [6.45, 7) is 1.99. The number of carbonyl (C=O) groups is 1. The van der Waals surface area contributed by atoms with E-state index < -0.39 is 0 Å². The van der Waals surface area contributed by atoms with Crippen molar-refractivity contribution in [2.75, 3.05) is 40.1 Å². The molecule has 0 radical (unpaired) electrons. The van der Waals surface area contributed by atoms with Gasteiger partial charge >= 0.3 is 0 Å². The molecule has 1 aliphatic rings. The van der Waals surface area contributed by atoms with Crippen LogP contribution in [0.2, 0.25) is 0 Å². The molecule has 0 fully saturated rings. The average Bonchev–Trinajstić information content (AvgIpc) is 3.01. The van der Waals surface area contributed by atoms with Crippen molar-refractivity contribution in [2.24, 2.45) is 0 Å². The summed E-state index contributed by atoms with van der Waals surface area (Å²) in [5.74, 6) is 1.63. The van der Waals surface area contributed by atoms with E-state index in [1.165, 1.54) is 18.4 Å². The molecule has 0 aliphatic heterocycles. The highest BCUT2D eigenvalue weighted by molar-refractivity contribution is 5.84. The lowest BCUT2D eigenvalue weighted by Crippen LogP contribution is -2.31. The van der Waals surface area contributed by atoms with E-state index in [1.54, 1.807) is 7.11 Å². The SMILES string of the molecule is COCCOCCNC(=O)COc1ccc2oc3c(c2c1)CCCC3. The topological polar surface area (TPSA) is 69.9 Å². The lowest BCUT2D eigenvalue weighted by Gasteiger charge is -2.09. The molecule has 0 saturated heterocycles. The van der Waals surface area contributed by atoms with Gasteiger partial charge in [-0.2, -0.15) is 0 Å². The molecule has 0 saturated carbocycles. The Bertz CT molecular complexity index is 709. The number of rotatable bonds is 9. The number of furan rings is 1. The Hall–Kier alpha value is -2.05. The summed E-state index contributed by atoms with van der Waals surface area (Å²) in [7, 11) is 1.62. The zero-order chi connectivity index (χ0) is 17.5. The van der Waals surface area contributed by atoms with Gasteiger partial charge in [-0.1, -0.05) is 0 Å². The van der Waals surface area contributed by atoms with Gasteiger partial charge in [0.15, 0.2) is 6.61 Å². The Morgan fingerprint density at radius 1 is 1.20 bits per heavy atom. The Kier molecular flexibility index (Phi) is 6.30. The molecule has 6 heteroatoms. The number of hydrogen-bond acceptors (Lipinski definition) is 5. The van der Waals surface area contributed by atoms with Crippen molar-refractivity contribution >= 4 is 16.9 Å². The number of nitrogens with one attached hydrogen (secondary N) is 1. The molecule has 1 amide bonds. The van der Waals surface area contributed by atoms with Crippen LogP contribution in [0.3, 0.4) is 0 Å². The summed E-state index contributed by atoms with van der Waals surface area (Å²) < 4.78 is 21.7. The summed E-state index contributed by atoms with van der Waals surface area (Å²) in [6.07, 6.45) is 4.44. The summed E-state index contributed by atoms with van der Waals surface area (Å²) >= 11 is 0. The molecule has 25 heavy (non-hydrogen) atoms. The average molecular weight is 347 g/mol. The van der Waals surface area contributed by atoms with Crippen LogP contribution in [0.15, 0.2) is 22.6 Å². The minimum absolute atomic E-state index is 0.0103. The fourth-order valence-electron chi connectivity index (χ4n) is 3.04. The maximum Gasteiger partial charge on any atom is 0.258 e. The van der Waals surface area contributed by atoms with Gasteiger partial charge in [-0.15, -0.1) is 0 Å². The third-order valence-electron chi connectivity index (χ3n) is 4.30. The number of amides is 1. The number of methoxy groups -OCH3 is 1. The normalized spacial score (nSPS) is 13.6. The Morgan fingerprint density at radius 2 is 2.08 bits per heavy atom. The molecule has 0 spiro atoms. The van der Waals surface area contributed by atoms with Gasteiger partial charge < -0.3 is 23.9 Å². The molecule has 0 unspecified atom stereocenters. The van der Waals surface area contributed by atoms with Crippen LogP contribution in [0, 0.1) is 0 Å². The highest BCUT2D eigenvalue weighted by atomic mass is 16.5. The molecule has 1 aromatic carbocycles. The van der Waals surface area contributed by atoms with Crippen LogP contribution in [0.5, 0.6) is 5.75 Å². The van der Waals surface area contributed by atoms with Gasteiger partial charge in [0, 0.05) is 31.0 Å². The fourth-order valence-corrected chi connectivity index (χ4v) is 3.04. The van der Waals surface area contributed by atoms with Crippen LogP contribution >= 0.6 is 0 Å². The van der Waals surface area contributed by atoms with E-state index >= 15 is 0 Å². The van der Waals surface area contributed by atoms with Crippen LogP contribution in [0.1, 0.15) is 24.2 Å². The third kappa shape index (κ3) is 4.74. The van der Waals surface area contributed by atoms with Crippen molar-refractivity contribution in [3.63, 3.8) is 0 Å². The Labute approximate surface area is 147 Å². The molecular weight excluding hydrogens is 322 g/mol. The highest BCUT2D eigenvalue weighted by Crippen LogP contribution is 2.33. The first-order chi connectivity index (χ1) is 12.3. The zero-order valence-corrected chi connectivity index (χ0v) is 14.6. The van der Waals surface area contributed by atoms with Gasteiger partial charge in [0.1, 0.15) is 17.1 Å². The van der Waals surface area contributed by atoms with Crippen LogP contribution in [0.4, 0.5) is 0 Å². The standard InChI is InChI=1S/C19H25NO5/c1-22-10-11-23-9-8-20-19(21)13-24-14-6-7-18-16(12-14)15-4-2-3-5-17(15)25-18/h6-7,12H,2-5,8-11,13H2,1H3,(H,20,21). The number of hydrogen-bond donors (Lipinski definition) is 1. The molecular formula is C19H25NO5.